The van der Waals surface area contributed by atoms with Gasteiger partial charge in [-0.1, -0.05) is 6.07 Å². The number of rotatable bonds is 4. The summed E-state index contributed by atoms with van der Waals surface area (Å²) in [5, 5.41) is 2.75. The zero-order chi connectivity index (χ0) is 11.3. The van der Waals surface area contributed by atoms with Crippen molar-refractivity contribution in [1.82, 2.24) is 5.32 Å². The number of amides is 1. The molecule has 1 rings (SSSR count). The second-order valence-electron chi connectivity index (χ2n) is 3.55. The minimum atomic E-state index is -0.0632. The molecule has 0 heterocycles. The lowest BCUT2D eigenvalue weighted by Gasteiger charge is -2.10. The molecule has 0 aliphatic heterocycles. The van der Waals surface area contributed by atoms with Crippen LogP contribution in [0.1, 0.15) is 31.1 Å². The van der Waals surface area contributed by atoms with E-state index in [2.05, 4.69) is 5.32 Å². The maximum atomic E-state index is 11.5. The van der Waals surface area contributed by atoms with Crippen LogP contribution in [0.25, 0.3) is 0 Å². The number of hydrogen-bond donors (Lipinski definition) is 1. The predicted octanol–water partition coefficient (Wildman–Crippen LogP) is 2.22. The van der Waals surface area contributed by atoms with Crippen LogP contribution in [0.2, 0.25) is 0 Å². The molecule has 3 nitrogen and oxygen atoms in total. The molecular weight excluding hydrogens is 190 g/mol. The van der Waals surface area contributed by atoms with Crippen molar-refractivity contribution >= 4 is 5.91 Å². The third-order valence-corrected chi connectivity index (χ3v) is 1.81. The second-order valence-corrected chi connectivity index (χ2v) is 3.55. The number of benzene rings is 1. The van der Waals surface area contributed by atoms with Crippen LogP contribution in [-0.2, 0) is 0 Å². The Bertz CT molecular complexity index is 334. The van der Waals surface area contributed by atoms with E-state index in [9.17, 15) is 4.79 Å². The van der Waals surface area contributed by atoms with Crippen molar-refractivity contribution in [2.75, 3.05) is 6.54 Å². The second kappa shape index (κ2) is 5.39. The Balaban J connectivity index is 2.78. The molecule has 0 spiro atoms. The van der Waals surface area contributed by atoms with Crippen LogP contribution in [0.5, 0.6) is 5.75 Å². The molecule has 0 saturated heterocycles. The zero-order valence-electron chi connectivity index (χ0n) is 9.41. The Morgan fingerprint density at radius 2 is 2.20 bits per heavy atom. The van der Waals surface area contributed by atoms with Gasteiger partial charge in [-0.15, -0.1) is 0 Å². The lowest BCUT2D eigenvalue weighted by Crippen LogP contribution is -2.22. The molecular formula is C12H17NO2. The van der Waals surface area contributed by atoms with Crippen molar-refractivity contribution in [3.05, 3.63) is 29.8 Å². The third-order valence-electron chi connectivity index (χ3n) is 1.81. The molecule has 82 valence electrons. The van der Waals surface area contributed by atoms with Gasteiger partial charge in [0.05, 0.1) is 6.10 Å². The van der Waals surface area contributed by atoms with Crippen LogP contribution in [0.4, 0.5) is 0 Å². The maximum absolute atomic E-state index is 11.5. The van der Waals surface area contributed by atoms with Crippen molar-refractivity contribution in [3.8, 4) is 5.75 Å². The topological polar surface area (TPSA) is 38.3 Å². The first-order valence-corrected chi connectivity index (χ1v) is 5.18. The van der Waals surface area contributed by atoms with Crippen LogP contribution in [-0.4, -0.2) is 18.6 Å². The lowest BCUT2D eigenvalue weighted by molar-refractivity contribution is 0.0955. The Labute approximate surface area is 90.4 Å². The fourth-order valence-electron chi connectivity index (χ4n) is 1.25. The standard InChI is InChI=1S/C12H17NO2/c1-4-13-12(14)10-6-5-7-11(8-10)15-9(2)3/h5-9H,4H2,1-3H3,(H,13,14). The highest BCUT2D eigenvalue weighted by Crippen LogP contribution is 2.14. The summed E-state index contributed by atoms with van der Waals surface area (Å²) in [6, 6.07) is 7.20. The minimum absolute atomic E-state index is 0.0632. The average molecular weight is 207 g/mol. The smallest absolute Gasteiger partial charge is 0.251 e. The van der Waals surface area contributed by atoms with E-state index < -0.39 is 0 Å². The Hall–Kier alpha value is -1.51. The van der Waals surface area contributed by atoms with Gasteiger partial charge in [-0.3, -0.25) is 4.79 Å². The molecule has 0 radical (unpaired) electrons. The Morgan fingerprint density at radius 1 is 1.47 bits per heavy atom. The fourth-order valence-corrected chi connectivity index (χ4v) is 1.25. The summed E-state index contributed by atoms with van der Waals surface area (Å²) in [7, 11) is 0. The lowest BCUT2D eigenvalue weighted by atomic mass is 10.2. The van der Waals surface area contributed by atoms with E-state index in [1.54, 1.807) is 12.1 Å². The van der Waals surface area contributed by atoms with Crippen molar-refractivity contribution in [2.24, 2.45) is 0 Å². The van der Waals surface area contributed by atoms with E-state index in [-0.39, 0.29) is 12.0 Å². The first-order chi connectivity index (χ1) is 7.13. The van der Waals surface area contributed by atoms with Crippen molar-refractivity contribution < 1.29 is 9.53 Å². The van der Waals surface area contributed by atoms with Crippen LogP contribution in [0, 0.1) is 0 Å². The van der Waals surface area contributed by atoms with Gasteiger partial charge in [0.15, 0.2) is 0 Å². The molecule has 0 aromatic heterocycles. The number of nitrogens with one attached hydrogen (secondary N) is 1. The van der Waals surface area contributed by atoms with Crippen molar-refractivity contribution in [3.63, 3.8) is 0 Å². The largest absolute Gasteiger partial charge is 0.491 e. The van der Waals surface area contributed by atoms with E-state index in [4.69, 9.17) is 4.74 Å². The molecule has 1 aromatic carbocycles. The summed E-state index contributed by atoms with van der Waals surface area (Å²) in [6.45, 7) is 6.44. The highest BCUT2D eigenvalue weighted by Gasteiger charge is 2.05. The molecule has 1 N–H and O–H groups in total. The molecule has 1 aromatic rings. The van der Waals surface area contributed by atoms with E-state index in [0.29, 0.717) is 12.1 Å². The van der Waals surface area contributed by atoms with Crippen molar-refractivity contribution in [1.29, 1.82) is 0 Å². The molecule has 1 amide bonds. The van der Waals surface area contributed by atoms with E-state index in [0.717, 1.165) is 5.75 Å². The van der Waals surface area contributed by atoms with Crippen molar-refractivity contribution in [2.45, 2.75) is 26.9 Å². The van der Waals surface area contributed by atoms with Gasteiger partial charge < -0.3 is 10.1 Å². The number of hydrogen-bond acceptors (Lipinski definition) is 2. The SMILES string of the molecule is CCNC(=O)c1cccc(OC(C)C)c1. The van der Waals surface area contributed by atoms with Gasteiger partial charge in [-0.2, -0.15) is 0 Å². The van der Waals surface area contributed by atoms with Gasteiger partial charge in [0, 0.05) is 12.1 Å². The van der Waals surface area contributed by atoms with Gasteiger partial charge >= 0.3 is 0 Å². The van der Waals surface area contributed by atoms with Crippen LogP contribution in [0.15, 0.2) is 24.3 Å². The highest BCUT2D eigenvalue weighted by molar-refractivity contribution is 5.94. The highest BCUT2D eigenvalue weighted by atomic mass is 16.5. The summed E-state index contributed by atoms with van der Waals surface area (Å²) in [5.74, 6) is 0.667. The Kier molecular flexibility index (Phi) is 4.16. The van der Waals surface area contributed by atoms with Gasteiger partial charge in [-0.25, -0.2) is 0 Å². The zero-order valence-corrected chi connectivity index (χ0v) is 9.41. The molecule has 0 aliphatic rings. The molecule has 0 aliphatic carbocycles. The third kappa shape index (κ3) is 3.62. The van der Waals surface area contributed by atoms with E-state index >= 15 is 0 Å². The summed E-state index contributed by atoms with van der Waals surface area (Å²) in [5.41, 5.74) is 0.634. The normalized spacial score (nSPS) is 10.1. The Morgan fingerprint density at radius 3 is 2.80 bits per heavy atom. The average Bonchev–Trinajstić information content (AvgIpc) is 2.17. The van der Waals surface area contributed by atoms with Crippen LogP contribution in [0.3, 0.4) is 0 Å². The number of ether oxygens (including phenoxy) is 1. The predicted molar refractivity (Wildman–Crippen MR) is 60.2 cm³/mol. The van der Waals surface area contributed by atoms with E-state index in [1.807, 2.05) is 32.9 Å². The molecule has 0 atom stereocenters. The molecule has 0 unspecified atom stereocenters. The van der Waals surface area contributed by atoms with Gasteiger partial charge in [-0.05, 0) is 39.0 Å². The molecule has 0 fully saturated rings. The summed E-state index contributed by atoms with van der Waals surface area (Å²) < 4.78 is 5.50. The summed E-state index contributed by atoms with van der Waals surface area (Å²) >= 11 is 0. The molecule has 15 heavy (non-hydrogen) atoms. The minimum Gasteiger partial charge on any atom is -0.491 e. The van der Waals surface area contributed by atoms with Gasteiger partial charge in [0.1, 0.15) is 5.75 Å². The van der Waals surface area contributed by atoms with Gasteiger partial charge in [0.25, 0.3) is 5.91 Å². The summed E-state index contributed by atoms with van der Waals surface area (Å²) in [4.78, 5) is 11.5. The molecule has 3 heteroatoms. The molecule has 0 bridgehead atoms. The number of carbonyl (C=O) groups is 1. The van der Waals surface area contributed by atoms with Gasteiger partial charge in [0.2, 0.25) is 0 Å². The first-order valence-electron chi connectivity index (χ1n) is 5.18. The molecule has 0 saturated carbocycles. The summed E-state index contributed by atoms with van der Waals surface area (Å²) in [6.07, 6.45) is 0.120. The fraction of sp³-hybridized carbons (Fsp3) is 0.417. The number of carbonyl (C=O) groups excluding carboxylic acids is 1. The quantitative estimate of drug-likeness (QED) is 0.822. The monoisotopic (exact) mass is 207 g/mol. The maximum Gasteiger partial charge on any atom is 0.251 e. The van der Waals surface area contributed by atoms with Crippen LogP contribution >= 0.6 is 0 Å². The van der Waals surface area contributed by atoms with Crippen LogP contribution < -0.4 is 10.1 Å². The van der Waals surface area contributed by atoms with E-state index in [1.165, 1.54) is 0 Å². The first kappa shape index (κ1) is 11.6.